The summed E-state index contributed by atoms with van der Waals surface area (Å²) in [5, 5.41) is 6.90. The third-order valence-electron chi connectivity index (χ3n) is 3.89. The van der Waals surface area contributed by atoms with E-state index in [-0.39, 0.29) is 0 Å². The van der Waals surface area contributed by atoms with Crippen LogP contribution in [-0.2, 0) is 0 Å². The lowest BCUT2D eigenvalue weighted by Crippen LogP contribution is -2.23. The van der Waals surface area contributed by atoms with Crippen molar-refractivity contribution in [3.05, 3.63) is 40.6 Å². The Hall–Kier alpha value is -1.62. The molecule has 1 aliphatic rings. The standard InChI is InChI=1S/C17H21BrN4/c1-12-19-16(21-14-7-3-2-4-8-14)11-17(20-12)22-15-9-5-6-13(18)10-15/h5-6,9-11,14H,2-4,7-8H2,1H3,(H2,19,20,21,22). The molecule has 2 N–H and O–H groups in total. The summed E-state index contributed by atoms with van der Waals surface area (Å²) in [6, 6.07) is 10.6. The number of aromatic nitrogens is 2. The minimum absolute atomic E-state index is 0.543. The molecule has 1 aromatic carbocycles. The molecule has 3 rings (SSSR count). The summed E-state index contributed by atoms with van der Waals surface area (Å²) in [7, 11) is 0. The number of anilines is 3. The van der Waals surface area contributed by atoms with Gasteiger partial charge in [0.05, 0.1) is 0 Å². The van der Waals surface area contributed by atoms with Crippen molar-refractivity contribution in [3.63, 3.8) is 0 Å². The molecule has 0 atom stereocenters. The van der Waals surface area contributed by atoms with Crippen LogP contribution in [0.4, 0.5) is 17.3 Å². The van der Waals surface area contributed by atoms with Crippen molar-refractivity contribution in [2.45, 2.75) is 45.1 Å². The van der Waals surface area contributed by atoms with Crippen molar-refractivity contribution in [1.29, 1.82) is 0 Å². The monoisotopic (exact) mass is 360 g/mol. The Morgan fingerprint density at radius 2 is 1.82 bits per heavy atom. The maximum absolute atomic E-state index is 4.52. The second-order valence-electron chi connectivity index (χ2n) is 5.80. The first kappa shape index (κ1) is 15.3. The predicted molar refractivity (Wildman–Crippen MR) is 94.7 cm³/mol. The van der Waals surface area contributed by atoms with E-state index in [2.05, 4.69) is 36.5 Å². The molecule has 0 aliphatic heterocycles. The van der Waals surface area contributed by atoms with E-state index < -0.39 is 0 Å². The lowest BCUT2D eigenvalue weighted by molar-refractivity contribution is 0.462. The molecule has 2 aromatic rings. The Bertz CT molecular complexity index is 638. The van der Waals surface area contributed by atoms with Crippen molar-refractivity contribution >= 4 is 33.3 Å². The number of rotatable bonds is 4. The average Bonchev–Trinajstić information content (AvgIpc) is 2.47. The normalized spacial score (nSPS) is 15.5. The van der Waals surface area contributed by atoms with E-state index in [1.165, 1.54) is 32.1 Å². The second kappa shape index (κ2) is 7.09. The first-order valence-electron chi connectivity index (χ1n) is 7.84. The van der Waals surface area contributed by atoms with Gasteiger partial charge in [-0.25, -0.2) is 9.97 Å². The van der Waals surface area contributed by atoms with Crippen molar-refractivity contribution < 1.29 is 0 Å². The van der Waals surface area contributed by atoms with Crippen LogP contribution < -0.4 is 10.6 Å². The van der Waals surface area contributed by atoms with Gasteiger partial charge >= 0.3 is 0 Å². The Morgan fingerprint density at radius 3 is 2.59 bits per heavy atom. The summed E-state index contributed by atoms with van der Waals surface area (Å²) >= 11 is 3.49. The van der Waals surface area contributed by atoms with Gasteiger partial charge in [0.25, 0.3) is 0 Å². The van der Waals surface area contributed by atoms with E-state index in [9.17, 15) is 0 Å². The molecular weight excluding hydrogens is 340 g/mol. The average molecular weight is 361 g/mol. The van der Waals surface area contributed by atoms with Crippen molar-refractivity contribution in [2.24, 2.45) is 0 Å². The molecule has 0 spiro atoms. The first-order chi connectivity index (χ1) is 10.7. The van der Waals surface area contributed by atoms with E-state index in [1.807, 2.05) is 37.3 Å². The van der Waals surface area contributed by atoms with Gasteiger partial charge in [-0.05, 0) is 38.0 Å². The first-order valence-corrected chi connectivity index (χ1v) is 8.63. The largest absolute Gasteiger partial charge is 0.367 e. The maximum atomic E-state index is 4.52. The number of halogens is 1. The van der Waals surface area contributed by atoms with E-state index >= 15 is 0 Å². The van der Waals surface area contributed by atoms with Gasteiger partial charge < -0.3 is 10.6 Å². The van der Waals surface area contributed by atoms with Crippen LogP contribution in [-0.4, -0.2) is 16.0 Å². The van der Waals surface area contributed by atoms with Crippen molar-refractivity contribution in [2.75, 3.05) is 10.6 Å². The molecule has 1 aliphatic carbocycles. The van der Waals surface area contributed by atoms with Crippen molar-refractivity contribution in [3.8, 4) is 0 Å². The highest BCUT2D eigenvalue weighted by atomic mass is 79.9. The topological polar surface area (TPSA) is 49.8 Å². The van der Waals surface area contributed by atoms with Crippen LogP contribution in [0.3, 0.4) is 0 Å². The molecule has 4 nitrogen and oxygen atoms in total. The number of benzene rings is 1. The molecule has 0 unspecified atom stereocenters. The van der Waals surface area contributed by atoms with Crippen molar-refractivity contribution in [1.82, 2.24) is 9.97 Å². The summed E-state index contributed by atoms with van der Waals surface area (Å²) in [6.07, 6.45) is 6.45. The minimum atomic E-state index is 0.543. The third kappa shape index (κ3) is 4.19. The van der Waals surface area contributed by atoms with E-state index in [0.29, 0.717) is 6.04 Å². The zero-order valence-corrected chi connectivity index (χ0v) is 14.4. The molecule has 0 amide bonds. The number of nitrogens with zero attached hydrogens (tertiary/aromatic N) is 2. The molecule has 5 heteroatoms. The second-order valence-corrected chi connectivity index (χ2v) is 6.72. The van der Waals surface area contributed by atoms with Crippen LogP contribution in [0, 0.1) is 6.92 Å². The Kier molecular flexibility index (Phi) is 4.93. The number of hydrogen-bond acceptors (Lipinski definition) is 4. The van der Waals surface area contributed by atoms with Crippen LogP contribution in [0.25, 0.3) is 0 Å². The number of hydrogen-bond donors (Lipinski definition) is 2. The smallest absolute Gasteiger partial charge is 0.136 e. The zero-order valence-electron chi connectivity index (χ0n) is 12.8. The summed E-state index contributed by atoms with van der Waals surface area (Å²) in [5.74, 6) is 2.51. The van der Waals surface area contributed by atoms with Gasteiger partial charge in [0, 0.05) is 22.3 Å². The van der Waals surface area contributed by atoms with Crippen LogP contribution in [0.15, 0.2) is 34.8 Å². The highest BCUT2D eigenvalue weighted by Crippen LogP contribution is 2.24. The Balaban J connectivity index is 1.74. The van der Waals surface area contributed by atoms with E-state index in [1.54, 1.807) is 0 Å². The van der Waals surface area contributed by atoms with E-state index in [0.717, 1.165) is 27.6 Å². The third-order valence-corrected chi connectivity index (χ3v) is 4.39. The molecule has 0 bridgehead atoms. The van der Waals surface area contributed by atoms with Crippen LogP contribution in [0.5, 0.6) is 0 Å². The van der Waals surface area contributed by atoms with Gasteiger partial charge in [-0.3, -0.25) is 0 Å². The Labute approximate surface area is 139 Å². The summed E-state index contributed by atoms with van der Waals surface area (Å²) in [6.45, 7) is 1.93. The number of aryl methyl sites for hydroxylation is 1. The van der Waals surface area contributed by atoms with Gasteiger partial charge in [-0.15, -0.1) is 0 Å². The molecule has 116 valence electrons. The lowest BCUT2D eigenvalue weighted by atomic mass is 9.95. The zero-order chi connectivity index (χ0) is 15.4. The fourth-order valence-electron chi connectivity index (χ4n) is 2.88. The molecule has 1 saturated carbocycles. The maximum Gasteiger partial charge on any atom is 0.136 e. The molecule has 0 radical (unpaired) electrons. The molecule has 1 fully saturated rings. The van der Waals surface area contributed by atoms with Crippen LogP contribution in [0.1, 0.15) is 37.9 Å². The predicted octanol–water partition coefficient (Wildman–Crippen LogP) is 5.04. The van der Waals surface area contributed by atoms with Gasteiger partial charge in [0.1, 0.15) is 17.5 Å². The molecule has 1 heterocycles. The van der Waals surface area contributed by atoms with Crippen LogP contribution >= 0.6 is 15.9 Å². The Morgan fingerprint density at radius 1 is 1.05 bits per heavy atom. The molecule has 1 aromatic heterocycles. The van der Waals surface area contributed by atoms with E-state index in [4.69, 9.17) is 0 Å². The summed E-state index contributed by atoms with van der Waals surface area (Å²) in [5.41, 5.74) is 1.01. The summed E-state index contributed by atoms with van der Waals surface area (Å²) < 4.78 is 1.05. The fourth-order valence-corrected chi connectivity index (χ4v) is 3.28. The number of nitrogens with one attached hydrogen (secondary N) is 2. The summed E-state index contributed by atoms with van der Waals surface area (Å²) in [4.78, 5) is 8.99. The van der Waals surface area contributed by atoms with Gasteiger partial charge in [0.15, 0.2) is 0 Å². The molecular formula is C17H21BrN4. The van der Waals surface area contributed by atoms with Gasteiger partial charge in [0.2, 0.25) is 0 Å². The molecule has 22 heavy (non-hydrogen) atoms. The quantitative estimate of drug-likeness (QED) is 0.801. The lowest BCUT2D eigenvalue weighted by Gasteiger charge is -2.23. The molecule has 0 saturated heterocycles. The van der Waals surface area contributed by atoms with Crippen LogP contribution in [0.2, 0.25) is 0 Å². The van der Waals surface area contributed by atoms with Gasteiger partial charge in [-0.1, -0.05) is 41.3 Å². The highest BCUT2D eigenvalue weighted by Gasteiger charge is 2.14. The fraction of sp³-hybridized carbons (Fsp3) is 0.412. The highest BCUT2D eigenvalue weighted by molar-refractivity contribution is 9.10. The SMILES string of the molecule is Cc1nc(Nc2cccc(Br)c2)cc(NC2CCCCC2)n1. The van der Waals surface area contributed by atoms with Gasteiger partial charge in [-0.2, -0.15) is 0 Å². The minimum Gasteiger partial charge on any atom is -0.367 e.